The van der Waals surface area contributed by atoms with Gasteiger partial charge >= 0.3 is 0 Å². The zero-order chi connectivity index (χ0) is 17.3. The van der Waals surface area contributed by atoms with Crippen LogP contribution in [0.1, 0.15) is 39.4 Å². The van der Waals surface area contributed by atoms with E-state index in [1.165, 1.54) is 8.61 Å². The van der Waals surface area contributed by atoms with Crippen molar-refractivity contribution in [2.24, 2.45) is 0 Å². The minimum absolute atomic E-state index is 0.0973. The van der Waals surface area contributed by atoms with E-state index in [1.807, 2.05) is 20.8 Å². The molecule has 1 aromatic rings. The molecule has 1 fully saturated rings. The summed E-state index contributed by atoms with van der Waals surface area (Å²) in [5.74, 6) is 0.618. The van der Waals surface area contributed by atoms with Crippen LogP contribution in [0.4, 0.5) is 0 Å². The standard InChI is InChI=1S/C13H27N7O2S/c1-13(2,3)20-16-12(15-17-20)9-14-11-7-6-8-19(10-11)23(21,22)18(4)5/h11,14H,6-10H2,1-5H3/t11-/m1/s1. The Morgan fingerprint density at radius 3 is 2.61 bits per heavy atom. The molecule has 1 aliphatic heterocycles. The van der Waals surface area contributed by atoms with Crippen LogP contribution >= 0.6 is 0 Å². The number of rotatable bonds is 5. The largest absolute Gasteiger partial charge is 0.306 e. The molecule has 0 amide bonds. The van der Waals surface area contributed by atoms with Gasteiger partial charge in [0, 0.05) is 33.2 Å². The van der Waals surface area contributed by atoms with Gasteiger partial charge < -0.3 is 5.32 Å². The van der Waals surface area contributed by atoms with Crippen molar-refractivity contribution in [3.05, 3.63) is 5.82 Å². The molecular formula is C13H27N7O2S. The summed E-state index contributed by atoms with van der Waals surface area (Å²) in [7, 11) is -0.239. The first kappa shape index (κ1) is 18.2. The first-order valence-electron chi connectivity index (χ1n) is 7.81. The Labute approximate surface area is 138 Å². The smallest absolute Gasteiger partial charge is 0.281 e. The maximum atomic E-state index is 12.2. The van der Waals surface area contributed by atoms with Crippen LogP contribution in [0.3, 0.4) is 0 Å². The van der Waals surface area contributed by atoms with Gasteiger partial charge in [-0.3, -0.25) is 0 Å². The third-order valence-electron chi connectivity index (χ3n) is 3.78. The molecule has 2 rings (SSSR count). The molecule has 10 heteroatoms. The summed E-state index contributed by atoms with van der Waals surface area (Å²) >= 11 is 0. The third-order valence-corrected chi connectivity index (χ3v) is 5.68. The van der Waals surface area contributed by atoms with Gasteiger partial charge in [0.2, 0.25) is 0 Å². The Kier molecular flexibility index (Phi) is 5.39. The SMILES string of the molecule is CN(C)S(=O)(=O)N1CCC[C@@H](NCc2nnn(C(C)(C)C)n2)C1. The van der Waals surface area contributed by atoms with Crippen molar-refractivity contribution in [3.63, 3.8) is 0 Å². The third kappa shape index (κ3) is 4.46. The molecule has 0 bridgehead atoms. The number of hydrogen-bond donors (Lipinski definition) is 1. The Bertz CT molecular complexity index is 621. The van der Waals surface area contributed by atoms with E-state index in [1.54, 1.807) is 18.9 Å². The van der Waals surface area contributed by atoms with E-state index in [0.717, 1.165) is 12.8 Å². The number of hydrogen-bond acceptors (Lipinski definition) is 6. The molecule has 23 heavy (non-hydrogen) atoms. The summed E-state index contributed by atoms with van der Waals surface area (Å²) < 4.78 is 27.2. The van der Waals surface area contributed by atoms with Gasteiger partial charge in [-0.2, -0.15) is 21.8 Å². The quantitative estimate of drug-likeness (QED) is 0.793. The molecule has 1 N–H and O–H groups in total. The van der Waals surface area contributed by atoms with Gasteiger partial charge in [0.1, 0.15) is 0 Å². The average Bonchev–Trinajstić information content (AvgIpc) is 2.94. The van der Waals surface area contributed by atoms with E-state index < -0.39 is 10.2 Å². The van der Waals surface area contributed by atoms with Gasteiger partial charge in [0.05, 0.1) is 12.1 Å². The van der Waals surface area contributed by atoms with Crippen LogP contribution in [0.25, 0.3) is 0 Å². The van der Waals surface area contributed by atoms with Crippen molar-refractivity contribution in [2.75, 3.05) is 27.2 Å². The second-order valence-electron chi connectivity index (χ2n) is 7.03. The van der Waals surface area contributed by atoms with E-state index >= 15 is 0 Å². The van der Waals surface area contributed by atoms with Gasteiger partial charge in [-0.15, -0.1) is 10.2 Å². The van der Waals surface area contributed by atoms with Crippen LogP contribution in [0.2, 0.25) is 0 Å². The topological polar surface area (TPSA) is 96.3 Å². The zero-order valence-corrected chi connectivity index (χ0v) is 15.3. The van der Waals surface area contributed by atoms with E-state index in [9.17, 15) is 8.42 Å². The minimum atomic E-state index is -3.35. The van der Waals surface area contributed by atoms with Crippen LogP contribution in [0.5, 0.6) is 0 Å². The number of nitrogens with zero attached hydrogens (tertiary/aromatic N) is 6. The van der Waals surface area contributed by atoms with Gasteiger partial charge in [0.25, 0.3) is 10.2 Å². The Morgan fingerprint density at radius 2 is 2.04 bits per heavy atom. The lowest BCUT2D eigenvalue weighted by Crippen LogP contribution is -2.50. The van der Waals surface area contributed by atoms with Crippen LogP contribution in [0, 0.1) is 0 Å². The molecule has 132 valence electrons. The highest BCUT2D eigenvalue weighted by Gasteiger charge is 2.30. The monoisotopic (exact) mass is 345 g/mol. The fourth-order valence-corrected chi connectivity index (χ4v) is 3.57. The van der Waals surface area contributed by atoms with Crippen LogP contribution in [0.15, 0.2) is 0 Å². The Hall–Kier alpha value is -1.10. The second kappa shape index (κ2) is 6.80. The molecule has 2 heterocycles. The van der Waals surface area contributed by atoms with Crippen molar-refractivity contribution in [1.29, 1.82) is 0 Å². The molecule has 0 saturated carbocycles. The molecule has 0 radical (unpaired) electrons. The predicted molar refractivity (Wildman–Crippen MR) is 86.9 cm³/mol. The number of tetrazole rings is 1. The summed E-state index contributed by atoms with van der Waals surface area (Å²) in [5.41, 5.74) is -0.202. The van der Waals surface area contributed by atoms with E-state index in [0.29, 0.717) is 25.5 Å². The minimum Gasteiger partial charge on any atom is -0.306 e. The first-order valence-corrected chi connectivity index (χ1v) is 9.21. The van der Waals surface area contributed by atoms with Gasteiger partial charge in [-0.05, 0) is 38.8 Å². The average molecular weight is 345 g/mol. The fraction of sp³-hybridized carbons (Fsp3) is 0.923. The maximum Gasteiger partial charge on any atom is 0.281 e. The molecule has 1 aliphatic rings. The lowest BCUT2D eigenvalue weighted by Gasteiger charge is -2.33. The van der Waals surface area contributed by atoms with Crippen LogP contribution in [-0.2, 0) is 22.3 Å². The van der Waals surface area contributed by atoms with Crippen molar-refractivity contribution in [2.45, 2.75) is 51.7 Å². The van der Waals surface area contributed by atoms with Crippen molar-refractivity contribution in [1.82, 2.24) is 34.1 Å². The molecule has 1 atom stereocenters. The molecule has 0 spiro atoms. The summed E-state index contributed by atoms with van der Waals surface area (Å²) in [6.07, 6.45) is 1.78. The van der Waals surface area contributed by atoms with Crippen LogP contribution in [-0.4, -0.2) is 70.5 Å². The molecule has 0 aliphatic carbocycles. The summed E-state index contributed by atoms with van der Waals surface area (Å²) in [6.45, 7) is 7.55. The molecule has 9 nitrogen and oxygen atoms in total. The van der Waals surface area contributed by atoms with Crippen molar-refractivity contribution < 1.29 is 8.42 Å². The van der Waals surface area contributed by atoms with Gasteiger partial charge in [-0.25, -0.2) is 0 Å². The molecule has 1 saturated heterocycles. The lowest BCUT2D eigenvalue weighted by atomic mass is 10.1. The zero-order valence-electron chi connectivity index (χ0n) is 14.5. The van der Waals surface area contributed by atoms with E-state index in [4.69, 9.17) is 0 Å². The highest BCUT2D eigenvalue weighted by atomic mass is 32.2. The number of aromatic nitrogens is 4. The normalized spacial score (nSPS) is 21.0. The highest BCUT2D eigenvalue weighted by Crippen LogP contribution is 2.16. The first-order chi connectivity index (χ1) is 10.6. The fourth-order valence-electron chi connectivity index (χ4n) is 2.38. The molecule has 0 aromatic carbocycles. The van der Waals surface area contributed by atoms with E-state index in [2.05, 4.69) is 20.7 Å². The van der Waals surface area contributed by atoms with Gasteiger partial charge in [-0.1, -0.05) is 0 Å². The summed E-state index contributed by atoms with van der Waals surface area (Å²) in [4.78, 5) is 1.59. The number of piperidine rings is 1. The van der Waals surface area contributed by atoms with Crippen LogP contribution < -0.4 is 5.32 Å². The predicted octanol–water partition coefficient (Wildman–Crippen LogP) is -0.211. The van der Waals surface area contributed by atoms with Gasteiger partial charge in [0.15, 0.2) is 5.82 Å². The summed E-state index contributed by atoms with van der Waals surface area (Å²) in [6, 6.07) is 0.0973. The van der Waals surface area contributed by atoms with Crippen molar-refractivity contribution in [3.8, 4) is 0 Å². The maximum absolute atomic E-state index is 12.2. The van der Waals surface area contributed by atoms with E-state index in [-0.39, 0.29) is 11.6 Å². The molecular weight excluding hydrogens is 318 g/mol. The lowest BCUT2D eigenvalue weighted by molar-refractivity contribution is 0.268. The highest BCUT2D eigenvalue weighted by molar-refractivity contribution is 7.86. The second-order valence-corrected chi connectivity index (χ2v) is 9.18. The molecule has 1 aromatic heterocycles. The van der Waals surface area contributed by atoms with Crippen molar-refractivity contribution >= 4 is 10.2 Å². The summed E-state index contributed by atoms with van der Waals surface area (Å²) in [5, 5.41) is 15.8. The Balaban J connectivity index is 1.92. The number of nitrogens with one attached hydrogen (secondary N) is 1. The Morgan fingerprint density at radius 1 is 1.35 bits per heavy atom. The molecule has 0 unspecified atom stereocenters.